The minimum absolute atomic E-state index is 0.0278. The van der Waals surface area contributed by atoms with Gasteiger partial charge >= 0.3 is 0 Å². The molecule has 0 aromatic heterocycles. The van der Waals surface area contributed by atoms with Crippen LogP contribution in [-0.4, -0.2) is 40.4 Å². The topological polar surface area (TPSA) is 90.9 Å². The normalized spacial score (nSPS) is 14.0. The molecule has 0 saturated heterocycles. The summed E-state index contributed by atoms with van der Waals surface area (Å²) in [5.41, 5.74) is 0.888. The third-order valence-corrected chi connectivity index (χ3v) is 5.34. The first-order valence-electron chi connectivity index (χ1n) is 8.87. The highest BCUT2D eigenvalue weighted by atomic mass is 32.2. The van der Waals surface area contributed by atoms with Gasteiger partial charge in [-0.2, -0.15) is 8.42 Å². The maximum atomic E-state index is 11.0. The van der Waals surface area contributed by atoms with Crippen molar-refractivity contribution >= 4 is 16.0 Å². The average Bonchev–Trinajstić information content (AvgIpc) is 3.18. The fourth-order valence-corrected chi connectivity index (χ4v) is 3.26. The van der Waals surface area contributed by atoms with Crippen LogP contribution in [0.15, 0.2) is 30.9 Å². The SMILES string of the molecule is C=CC(=O)NCc1ccc(OC)cc1OC.CCS(=O)(=O)OC1CCCC1. The number of benzene rings is 1. The first-order chi connectivity index (χ1) is 12.8. The van der Waals surface area contributed by atoms with Gasteiger partial charge in [0.2, 0.25) is 5.91 Å². The summed E-state index contributed by atoms with van der Waals surface area (Å²) in [4.78, 5) is 11.0. The predicted molar refractivity (Wildman–Crippen MR) is 104 cm³/mol. The van der Waals surface area contributed by atoms with E-state index in [9.17, 15) is 13.2 Å². The molecule has 0 radical (unpaired) electrons. The summed E-state index contributed by atoms with van der Waals surface area (Å²) in [5, 5.41) is 2.68. The molecule has 1 N–H and O–H groups in total. The number of hydrogen-bond donors (Lipinski definition) is 1. The number of rotatable bonds is 8. The van der Waals surface area contributed by atoms with Crippen molar-refractivity contribution in [2.24, 2.45) is 0 Å². The van der Waals surface area contributed by atoms with Gasteiger partial charge < -0.3 is 14.8 Å². The molecule has 0 spiro atoms. The Kier molecular flexibility index (Phi) is 9.88. The van der Waals surface area contributed by atoms with Crippen LogP contribution in [0.2, 0.25) is 0 Å². The zero-order valence-electron chi connectivity index (χ0n) is 16.2. The van der Waals surface area contributed by atoms with E-state index in [4.69, 9.17) is 13.7 Å². The summed E-state index contributed by atoms with van der Waals surface area (Å²) in [6.45, 7) is 5.38. The highest BCUT2D eigenvalue weighted by Gasteiger charge is 2.21. The Labute approximate surface area is 161 Å². The third-order valence-electron chi connectivity index (χ3n) is 4.07. The van der Waals surface area contributed by atoms with Crippen LogP contribution in [0.5, 0.6) is 11.5 Å². The molecule has 1 saturated carbocycles. The van der Waals surface area contributed by atoms with Crippen LogP contribution in [0.3, 0.4) is 0 Å². The number of amides is 1. The molecule has 27 heavy (non-hydrogen) atoms. The maximum Gasteiger partial charge on any atom is 0.267 e. The Morgan fingerprint density at radius 1 is 1.26 bits per heavy atom. The molecule has 1 fully saturated rings. The van der Waals surface area contributed by atoms with Gasteiger partial charge in [-0.05, 0) is 38.0 Å². The van der Waals surface area contributed by atoms with Crippen molar-refractivity contribution in [3.63, 3.8) is 0 Å². The quantitative estimate of drug-likeness (QED) is 0.534. The Balaban J connectivity index is 0.000000289. The van der Waals surface area contributed by atoms with Crippen molar-refractivity contribution in [3.05, 3.63) is 36.4 Å². The lowest BCUT2D eigenvalue weighted by atomic mass is 10.2. The lowest BCUT2D eigenvalue weighted by Gasteiger charge is -2.10. The van der Waals surface area contributed by atoms with Crippen LogP contribution < -0.4 is 14.8 Å². The van der Waals surface area contributed by atoms with Gasteiger partial charge in [0.25, 0.3) is 10.1 Å². The highest BCUT2D eigenvalue weighted by molar-refractivity contribution is 7.86. The second-order valence-corrected chi connectivity index (χ2v) is 7.83. The van der Waals surface area contributed by atoms with E-state index < -0.39 is 10.1 Å². The molecular formula is C19H29NO6S. The molecule has 152 valence electrons. The van der Waals surface area contributed by atoms with Crippen LogP contribution in [0, 0.1) is 0 Å². The third kappa shape index (κ3) is 8.45. The molecule has 0 aliphatic heterocycles. The monoisotopic (exact) mass is 399 g/mol. The zero-order chi connectivity index (χ0) is 20.3. The highest BCUT2D eigenvalue weighted by Crippen LogP contribution is 2.24. The van der Waals surface area contributed by atoms with E-state index >= 15 is 0 Å². The summed E-state index contributed by atoms with van der Waals surface area (Å²) < 4.78 is 37.1. The van der Waals surface area contributed by atoms with Gasteiger partial charge in [0, 0.05) is 18.2 Å². The Morgan fingerprint density at radius 3 is 2.44 bits per heavy atom. The first-order valence-corrected chi connectivity index (χ1v) is 10.4. The van der Waals surface area contributed by atoms with Gasteiger partial charge in [-0.1, -0.05) is 19.4 Å². The minimum atomic E-state index is -3.20. The number of nitrogens with one attached hydrogen (secondary N) is 1. The lowest BCUT2D eigenvalue weighted by Crippen LogP contribution is -2.20. The van der Waals surface area contributed by atoms with Crippen LogP contribution in [0.25, 0.3) is 0 Å². The standard InChI is InChI=1S/C12H15NO3.C7H14O3S/c1-4-12(14)13-8-9-5-6-10(15-2)7-11(9)16-3;1-2-11(8,9)10-7-5-3-4-6-7/h4-7H,1,8H2,2-3H3,(H,13,14);7H,2-6H2,1H3. The summed E-state index contributed by atoms with van der Waals surface area (Å²) in [6, 6.07) is 5.44. The van der Waals surface area contributed by atoms with Gasteiger partial charge in [0.05, 0.1) is 26.1 Å². The van der Waals surface area contributed by atoms with Crippen molar-refractivity contribution in [2.45, 2.75) is 45.3 Å². The Bertz CT molecular complexity index is 711. The molecule has 7 nitrogen and oxygen atoms in total. The Hall–Kier alpha value is -2.06. The average molecular weight is 400 g/mol. The molecule has 1 aliphatic rings. The van der Waals surface area contributed by atoms with Crippen LogP contribution in [-0.2, 0) is 25.6 Å². The molecule has 1 aromatic rings. The molecule has 0 atom stereocenters. The van der Waals surface area contributed by atoms with Crippen molar-refractivity contribution in [2.75, 3.05) is 20.0 Å². The van der Waals surface area contributed by atoms with E-state index in [2.05, 4.69) is 11.9 Å². The van der Waals surface area contributed by atoms with E-state index in [1.165, 1.54) is 6.08 Å². The van der Waals surface area contributed by atoms with Crippen LogP contribution in [0.1, 0.15) is 38.2 Å². The van der Waals surface area contributed by atoms with E-state index in [1.807, 2.05) is 12.1 Å². The molecule has 0 unspecified atom stereocenters. The maximum absolute atomic E-state index is 11.0. The molecule has 0 heterocycles. The summed E-state index contributed by atoms with van der Waals surface area (Å²) in [6.07, 6.45) is 5.21. The smallest absolute Gasteiger partial charge is 0.267 e. The number of carbonyl (C=O) groups excluding carboxylic acids is 1. The molecule has 8 heteroatoms. The van der Waals surface area contributed by atoms with E-state index in [-0.39, 0.29) is 17.8 Å². The lowest BCUT2D eigenvalue weighted by molar-refractivity contribution is -0.116. The van der Waals surface area contributed by atoms with Gasteiger partial charge in [0.1, 0.15) is 11.5 Å². The van der Waals surface area contributed by atoms with E-state index in [0.29, 0.717) is 12.3 Å². The van der Waals surface area contributed by atoms with E-state index in [1.54, 1.807) is 27.2 Å². The fraction of sp³-hybridized carbons (Fsp3) is 0.526. The van der Waals surface area contributed by atoms with Crippen LogP contribution in [0.4, 0.5) is 0 Å². The summed E-state index contributed by atoms with van der Waals surface area (Å²) in [7, 11) is -0.0347. The zero-order valence-corrected chi connectivity index (χ0v) is 17.0. The number of ether oxygens (including phenoxy) is 2. The number of carbonyl (C=O) groups is 1. The predicted octanol–water partition coefficient (Wildman–Crippen LogP) is 2.80. The number of hydrogen-bond acceptors (Lipinski definition) is 6. The molecule has 1 aliphatic carbocycles. The minimum Gasteiger partial charge on any atom is -0.497 e. The van der Waals surface area contributed by atoms with Crippen molar-refractivity contribution in [1.82, 2.24) is 5.32 Å². The van der Waals surface area contributed by atoms with Crippen molar-refractivity contribution < 1.29 is 26.9 Å². The molecule has 0 bridgehead atoms. The van der Waals surface area contributed by atoms with E-state index in [0.717, 1.165) is 37.0 Å². The molecule has 2 rings (SSSR count). The van der Waals surface area contributed by atoms with Crippen LogP contribution >= 0.6 is 0 Å². The summed E-state index contributed by atoms with van der Waals surface area (Å²) in [5.74, 6) is 1.28. The van der Waals surface area contributed by atoms with Crippen molar-refractivity contribution in [1.29, 1.82) is 0 Å². The molecule has 1 amide bonds. The van der Waals surface area contributed by atoms with Crippen molar-refractivity contribution in [3.8, 4) is 11.5 Å². The van der Waals surface area contributed by atoms with Gasteiger partial charge in [-0.15, -0.1) is 0 Å². The van der Waals surface area contributed by atoms with Gasteiger partial charge in [0.15, 0.2) is 0 Å². The largest absolute Gasteiger partial charge is 0.497 e. The second-order valence-electron chi connectivity index (χ2n) is 5.95. The van der Waals surface area contributed by atoms with Gasteiger partial charge in [-0.3, -0.25) is 8.98 Å². The Morgan fingerprint density at radius 2 is 1.93 bits per heavy atom. The second kappa shape index (κ2) is 11.6. The number of methoxy groups -OCH3 is 2. The fourth-order valence-electron chi connectivity index (χ4n) is 2.51. The first kappa shape index (κ1) is 23.0. The summed E-state index contributed by atoms with van der Waals surface area (Å²) >= 11 is 0. The molecule has 1 aromatic carbocycles. The van der Waals surface area contributed by atoms with Gasteiger partial charge in [-0.25, -0.2) is 0 Å². The molecular weight excluding hydrogens is 370 g/mol.